The molecular weight excluding hydrogens is 336 g/mol. The van der Waals surface area contributed by atoms with Crippen molar-refractivity contribution in [2.75, 3.05) is 13.2 Å². The van der Waals surface area contributed by atoms with Crippen molar-refractivity contribution in [1.29, 1.82) is 0 Å². The summed E-state index contributed by atoms with van der Waals surface area (Å²) in [4.78, 5) is 35.7. The number of benzene rings is 1. The van der Waals surface area contributed by atoms with Crippen LogP contribution in [0, 0.1) is 5.92 Å². The Morgan fingerprint density at radius 2 is 2.00 bits per heavy atom. The number of esters is 1. The molecule has 0 N–H and O–H groups in total. The third kappa shape index (κ3) is 3.19. The normalized spacial score (nSPS) is 19.9. The van der Waals surface area contributed by atoms with E-state index in [2.05, 4.69) is 0 Å². The average molecular weight is 349 g/mol. The number of rotatable bonds is 3. The van der Waals surface area contributed by atoms with Crippen LogP contribution < -0.4 is 9.47 Å². The summed E-state index contributed by atoms with van der Waals surface area (Å²) in [6.07, 6.45) is 3.75. The van der Waals surface area contributed by atoms with Gasteiger partial charge in [0.1, 0.15) is 19.0 Å². The number of hydrogen-bond acceptors (Lipinski definition) is 6. The lowest BCUT2D eigenvalue weighted by Crippen LogP contribution is -2.34. The lowest BCUT2D eigenvalue weighted by atomic mass is 9.96. The molecule has 1 aromatic rings. The number of halogens is 1. The summed E-state index contributed by atoms with van der Waals surface area (Å²) >= 11 is 6.11. The zero-order valence-electron chi connectivity index (χ0n) is 12.7. The van der Waals surface area contributed by atoms with Gasteiger partial charge in [0.25, 0.3) is 0 Å². The monoisotopic (exact) mass is 348 g/mol. The van der Waals surface area contributed by atoms with Gasteiger partial charge < -0.3 is 14.2 Å². The van der Waals surface area contributed by atoms with Gasteiger partial charge in [-0.15, -0.1) is 0 Å². The summed E-state index contributed by atoms with van der Waals surface area (Å²) in [6, 6.07) is 3.26. The van der Waals surface area contributed by atoms with Crippen LogP contribution in [-0.4, -0.2) is 30.7 Å². The SMILES string of the molecule is CC1=CC(=O)C(C(=O)C=Cc2cc(Cl)c3c(c2)OCCO3)C(=O)O1. The van der Waals surface area contributed by atoms with Gasteiger partial charge in [-0.05, 0) is 30.7 Å². The lowest BCUT2D eigenvalue weighted by Gasteiger charge is -2.19. The molecule has 2 aliphatic heterocycles. The van der Waals surface area contributed by atoms with Gasteiger partial charge in [-0.1, -0.05) is 17.7 Å². The Morgan fingerprint density at radius 3 is 2.75 bits per heavy atom. The molecule has 124 valence electrons. The number of cyclic esters (lactones) is 1. The second-order valence-electron chi connectivity index (χ2n) is 5.27. The fraction of sp³-hybridized carbons (Fsp3) is 0.235. The quantitative estimate of drug-likeness (QED) is 0.474. The Hall–Kier alpha value is -2.60. The van der Waals surface area contributed by atoms with Crippen molar-refractivity contribution in [1.82, 2.24) is 0 Å². The lowest BCUT2D eigenvalue weighted by molar-refractivity contribution is -0.151. The molecule has 0 saturated carbocycles. The maximum atomic E-state index is 12.1. The third-order valence-corrected chi connectivity index (χ3v) is 3.75. The Morgan fingerprint density at radius 1 is 1.25 bits per heavy atom. The minimum absolute atomic E-state index is 0.177. The molecule has 0 bridgehead atoms. The van der Waals surface area contributed by atoms with Gasteiger partial charge in [0.15, 0.2) is 29.0 Å². The summed E-state index contributed by atoms with van der Waals surface area (Å²) in [5.41, 5.74) is 0.584. The van der Waals surface area contributed by atoms with Crippen molar-refractivity contribution in [3.63, 3.8) is 0 Å². The molecule has 0 radical (unpaired) electrons. The van der Waals surface area contributed by atoms with E-state index in [4.69, 9.17) is 25.8 Å². The minimum Gasteiger partial charge on any atom is -0.486 e. The topological polar surface area (TPSA) is 78.9 Å². The van der Waals surface area contributed by atoms with Crippen LogP contribution in [0.2, 0.25) is 5.02 Å². The van der Waals surface area contributed by atoms with E-state index >= 15 is 0 Å². The van der Waals surface area contributed by atoms with Crippen molar-refractivity contribution in [2.45, 2.75) is 6.92 Å². The number of carbonyl (C=O) groups is 3. The molecule has 0 aliphatic carbocycles. The summed E-state index contributed by atoms with van der Waals surface area (Å²) in [5.74, 6) is -2.45. The first kappa shape index (κ1) is 16.3. The first-order valence-electron chi connectivity index (χ1n) is 7.20. The zero-order valence-corrected chi connectivity index (χ0v) is 13.5. The molecule has 0 fully saturated rings. The van der Waals surface area contributed by atoms with Crippen molar-refractivity contribution in [2.24, 2.45) is 5.92 Å². The van der Waals surface area contributed by atoms with E-state index in [-0.39, 0.29) is 5.76 Å². The number of ketones is 2. The average Bonchev–Trinajstić information content (AvgIpc) is 2.52. The smallest absolute Gasteiger partial charge is 0.329 e. The summed E-state index contributed by atoms with van der Waals surface area (Å²) in [5, 5.41) is 0.353. The van der Waals surface area contributed by atoms with Gasteiger partial charge in [-0.2, -0.15) is 0 Å². The molecule has 2 aliphatic rings. The highest BCUT2D eigenvalue weighted by molar-refractivity contribution is 6.32. The highest BCUT2D eigenvalue weighted by atomic mass is 35.5. The molecule has 0 spiro atoms. The van der Waals surface area contributed by atoms with E-state index in [9.17, 15) is 14.4 Å². The van der Waals surface area contributed by atoms with Crippen molar-refractivity contribution >= 4 is 35.2 Å². The second kappa shape index (κ2) is 6.49. The highest BCUT2D eigenvalue weighted by Crippen LogP contribution is 2.38. The Kier molecular flexibility index (Phi) is 4.40. The minimum atomic E-state index is -1.46. The molecule has 3 rings (SSSR count). The van der Waals surface area contributed by atoms with Gasteiger partial charge in [-0.25, -0.2) is 0 Å². The fourth-order valence-corrected chi connectivity index (χ4v) is 2.68. The van der Waals surface area contributed by atoms with E-state index in [1.165, 1.54) is 13.0 Å². The largest absolute Gasteiger partial charge is 0.486 e. The first-order valence-corrected chi connectivity index (χ1v) is 7.58. The van der Waals surface area contributed by atoms with Crippen molar-refractivity contribution < 1.29 is 28.6 Å². The molecular formula is C17H13ClO6. The molecule has 2 heterocycles. The maximum absolute atomic E-state index is 12.1. The van der Waals surface area contributed by atoms with Crippen LogP contribution in [0.15, 0.2) is 30.0 Å². The van der Waals surface area contributed by atoms with Crippen molar-refractivity contribution in [3.05, 3.63) is 40.6 Å². The van der Waals surface area contributed by atoms with E-state index in [1.807, 2.05) is 0 Å². The van der Waals surface area contributed by atoms with E-state index in [0.717, 1.165) is 12.2 Å². The zero-order chi connectivity index (χ0) is 17.3. The first-order chi connectivity index (χ1) is 11.5. The summed E-state index contributed by atoms with van der Waals surface area (Å²) < 4.78 is 15.7. The Balaban J connectivity index is 1.81. The van der Waals surface area contributed by atoms with Crippen LogP contribution >= 0.6 is 11.6 Å². The van der Waals surface area contributed by atoms with E-state index in [1.54, 1.807) is 12.1 Å². The molecule has 0 saturated heterocycles. The third-order valence-electron chi connectivity index (χ3n) is 3.47. The van der Waals surface area contributed by atoms with Gasteiger partial charge >= 0.3 is 5.97 Å². The van der Waals surface area contributed by atoms with E-state index < -0.39 is 23.5 Å². The molecule has 1 unspecified atom stereocenters. The number of ether oxygens (including phenoxy) is 3. The van der Waals surface area contributed by atoms with Crippen LogP contribution in [-0.2, 0) is 19.1 Å². The molecule has 1 atom stereocenters. The van der Waals surface area contributed by atoms with Crippen molar-refractivity contribution in [3.8, 4) is 11.5 Å². The molecule has 1 aromatic carbocycles. The summed E-state index contributed by atoms with van der Waals surface area (Å²) in [7, 11) is 0. The molecule has 0 amide bonds. The van der Waals surface area contributed by atoms with Crippen LogP contribution in [0.3, 0.4) is 0 Å². The van der Waals surface area contributed by atoms with Gasteiger partial charge in [0.2, 0.25) is 0 Å². The van der Waals surface area contributed by atoms with Crippen LogP contribution in [0.5, 0.6) is 11.5 Å². The summed E-state index contributed by atoms with van der Waals surface area (Å²) in [6.45, 7) is 2.30. The van der Waals surface area contributed by atoms with Crippen LogP contribution in [0.25, 0.3) is 6.08 Å². The fourth-order valence-electron chi connectivity index (χ4n) is 2.40. The van der Waals surface area contributed by atoms with Gasteiger partial charge in [-0.3, -0.25) is 14.4 Å². The molecule has 6 nitrogen and oxygen atoms in total. The van der Waals surface area contributed by atoms with E-state index in [0.29, 0.717) is 35.3 Å². The second-order valence-corrected chi connectivity index (χ2v) is 5.68. The van der Waals surface area contributed by atoms with Gasteiger partial charge in [0.05, 0.1) is 5.02 Å². The predicted molar refractivity (Wildman–Crippen MR) is 84.8 cm³/mol. The Labute approximate surface area is 142 Å². The maximum Gasteiger partial charge on any atom is 0.329 e. The number of allylic oxidation sites excluding steroid dienone is 3. The van der Waals surface area contributed by atoms with Gasteiger partial charge in [0, 0.05) is 6.08 Å². The Bertz CT molecular complexity index is 793. The molecule has 24 heavy (non-hydrogen) atoms. The van der Waals surface area contributed by atoms with Crippen LogP contribution in [0.4, 0.5) is 0 Å². The number of hydrogen-bond donors (Lipinski definition) is 0. The highest BCUT2D eigenvalue weighted by Gasteiger charge is 2.36. The number of carbonyl (C=O) groups excluding carboxylic acids is 3. The standard InChI is InChI=1S/C17H13ClO6/c1-9-6-13(20)15(17(21)24-9)12(19)3-2-10-7-11(18)16-14(8-10)22-4-5-23-16/h2-3,6-8,15H,4-5H2,1H3. The molecule has 7 heteroatoms. The van der Waals surface area contributed by atoms with Crippen LogP contribution in [0.1, 0.15) is 12.5 Å². The molecule has 0 aromatic heterocycles. The number of fused-ring (bicyclic) bond motifs is 1. The predicted octanol–water partition coefficient (Wildman–Crippen LogP) is 2.34.